The smallest absolute Gasteiger partial charge is 0.227 e. The maximum absolute atomic E-state index is 12.8. The van der Waals surface area contributed by atoms with E-state index < -0.39 is 0 Å². The van der Waals surface area contributed by atoms with Gasteiger partial charge in [0.2, 0.25) is 5.91 Å². The molecule has 0 spiro atoms. The minimum atomic E-state index is 0.0430. The highest BCUT2D eigenvalue weighted by molar-refractivity contribution is 5.81. The van der Waals surface area contributed by atoms with E-state index in [-0.39, 0.29) is 17.4 Å². The lowest BCUT2D eigenvalue weighted by atomic mass is 9.88. The van der Waals surface area contributed by atoms with Crippen LogP contribution in [0.5, 0.6) is 5.75 Å². The van der Waals surface area contributed by atoms with Gasteiger partial charge in [-0.05, 0) is 68.3 Å². The first kappa shape index (κ1) is 22.9. The van der Waals surface area contributed by atoms with Crippen molar-refractivity contribution < 1.29 is 14.3 Å². The van der Waals surface area contributed by atoms with E-state index in [2.05, 4.69) is 39.9 Å². The van der Waals surface area contributed by atoms with E-state index in [9.17, 15) is 4.79 Å². The number of allylic oxidation sites excluding steroid dienone is 1. The molecule has 6 rings (SSSR count). The van der Waals surface area contributed by atoms with Gasteiger partial charge in [-0.2, -0.15) is 0 Å². The van der Waals surface area contributed by atoms with Crippen LogP contribution in [0.25, 0.3) is 23.1 Å². The minimum absolute atomic E-state index is 0.0430. The number of hydrogen-bond acceptors (Lipinski definition) is 6. The zero-order valence-electron chi connectivity index (χ0n) is 21.1. The number of pyridine rings is 1. The number of fused-ring (bicyclic) bond motifs is 2. The van der Waals surface area contributed by atoms with Crippen molar-refractivity contribution in [3.05, 3.63) is 52.4 Å². The lowest BCUT2D eigenvalue weighted by Crippen LogP contribution is -2.42. The lowest BCUT2D eigenvalue weighted by Gasteiger charge is -2.30. The molecule has 2 aliphatic carbocycles. The number of amides is 1. The number of methoxy groups -OCH3 is 1. The molecule has 2 atom stereocenters. The largest absolute Gasteiger partial charge is 0.492 e. The number of ether oxygens (including phenoxy) is 2. The SMILES string of the molecule is CNC1(COc2ccc(-c3cc(N4CC5CCN(C)C(=O)C5C4)c4c(n3)=CC(OC)=C=C=4)cc2)CC1. The molecule has 1 aromatic heterocycles. The average Bonchev–Trinajstić information content (AvgIpc) is 3.57. The summed E-state index contributed by atoms with van der Waals surface area (Å²) in [5.41, 5.74) is 9.44. The topological polar surface area (TPSA) is 66.9 Å². The van der Waals surface area contributed by atoms with Gasteiger partial charge in [-0.3, -0.25) is 4.79 Å². The summed E-state index contributed by atoms with van der Waals surface area (Å²) in [6, 6.07) is 10.3. The number of likely N-dealkylation sites (N-methyl/N-ethyl adjacent to an activating group) is 1. The van der Waals surface area contributed by atoms with E-state index >= 15 is 0 Å². The first-order chi connectivity index (χ1) is 17.5. The van der Waals surface area contributed by atoms with Gasteiger partial charge in [0.05, 0.1) is 40.5 Å². The summed E-state index contributed by atoms with van der Waals surface area (Å²) in [5, 5.41) is 5.07. The second-order valence-corrected chi connectivity index (χ2v) is 10.4. The highest BCUT2D eigenvalue weighted by Crippen LogP contribution is 2.36. The molecule has 1 N–H and O–H groups in total. The number of aromatic nitrogens is 1. The number of anilines is 1. The van der Waals surface area contributed by atoms with Crippen LogP contribution >= 0.6 is 0 Å². The van der Waals surface area contributed by atoms with Crippen LogP contribution in [-0.4, -0.2) is 68.8 Å². The maximum atomic E-state index is 12.8. The molecule has 1 amide bonds. The third-order valence-electron chi connectivity index (χ3n) is 8.18. The van der Waals surface area contributed by atoms with E-state index in [0.29, 0.717) is 24.8 Å². The van der Waals surface area contributed by atoms with Gasteiger partial charge in [0.25, 0.3) is 0 Å². The van der Waals surface area contributed by atoms with Crippen molar-refractivity contribution in [2.24, 2.45) is 11.8 Å². The van der Waals surface area contributed by atoms with Gasteiger partial charge in [-0.25, -0.2) is 4.98 Å². The highest BCUT2D eigenvalue weighted by Gasteiger charge is 2.43. The molecule has 0 bridgehead atoms. The lowest BCUT2D eigenvalue weighted by molar-refractivity contribution is -0.137. The first-order valence-electron chi connectivity index (χ1n) is 12.7. The normalized spacial score (nSPS) is 23.3. The third kappa shape index (κ3) is 4.10. The summed E-state index contributed by atoms with van der Waals surface area (Å²) in [5.74, 6) is 2.14. The molecule has 3 heterocycles. The van der Waals surface area contributed by atoms with Crippen LogP contribution in [0.3, 0.4) is 0 Å². The van der Waals surface area contributed by atoms with Crippen LogP contribution in [0.15, 0.2) is 41.8 Å². The molecule has 2 unspecified atom stereocenters. The van der Waals surface area contributed by atoms with Crippen LogP contribution in [0, 0.1) is 11.8 Å². The summed E-state index contributed by atoms with van der Waals surface area (Å²) in [4.78, 5) is 22.0. The monoisotopic (exact) mass is 484 g/mol. The number of rotatable bonds is 7. The summed E-state index contributed by atoms with van der Waals surface area (Å²) < 4.78 is 11.4. The maximum Gasteiger partial charge on any atom is 0.227 e. The number of carbonyl (C=O) groups is 1. The van der Waals surface area contributed by atoms with Gasteiger partial charge in [0.15, 0.2) is 5.76 Å². The van der Waals surface area contributed by atoms with Crippen LogP contribution in [0.2, 0.25) is 0 Å². The highest BCUT2D eigenvalue weighted by atomic mass is 16.5. The Kier molecular flexibility index (Phi) is 5.65. The Hall–Kier alpha value is -3.50. The Morgan fingerprint density at radius 2 is 2.00 bits per heavy atom. The van der Waals surface area contributed by atoms with Crippen molar-refractivity contribution >= 4 is 23.4 Å². The van der Waals surface area contributed by atoms with Gasteiger partial charge in [0.1, 0.15) is 12.4 Å². The quantitative estimate of drug-likeness (QED) is 0.603. The summed E-state index contributed by atoms with van der Waals surface area (Å²) in [6.07, 6.45) is 5.26. The predicted octanol–water partition coefficient (Wildman–Crippen LogP) is 1.65. The molecule has 186 valence electrons. The van der Waals surface area contributed by atoms with Crippen molar-refractivity contribution in [1.29, 1.82) is 0 Å². The van der Waals surface area contributed by atoms with Crippen molar-refractivity contribution in [2.75, 3.05) is 52.3 Å². The fraction of sp³-hybridized carbons (Fsp3) is 0.448. The Labute approximate surface area is 211 Å². The molecular formula is C29H32N4O3. The number of hydrogen-bond donors (Lipinski definition) is 1. The van der Waals surface area contributed by atoms with Crippen molar-refractivity contribution in [3.63, 3.8) is 0 Å². The molecule has 1 aromatic carbocycles. The van der Waals surface area contributed by atoms with E-state index in [0.717, 1.165) is 65.6 Å². The zero-order valence-corrected chi connectivity index (χ0v) is 21.1. The third-order valence-corrected chi connectivity index (χ3v) is 8.18. The van der Waals surface area contributed by atoms with Crippen LogP contribution in [0.4, 0.5) is 5.69 Å². The molecule has 4 aliphatic rings. The number of carbonyl (C=O) groups excluding carboxylic acids is 1. The van der Waals surface area contributed by atoms with Gasteiger partial charge in [-0.15, -0.1) is 0 Å². The molecule has 2 aliphatic heterocycles. The Morgan fingerprint density at radius 1 is 1.19 bits per heavy atom. The molecule has 3 fully saturated rings. The Morgan fingerprint density at radius 3 is 2.72 bits per heavy atom. The molecule has 7 nitrogen and oxygen atoms in total. The predicted molar refractivity (Wildman–Crippen MR) is 139 cm³/mol. The van der Waals surface area contributed by atoms with E-state index in [4.69, 9.17) is 14.5 Å². The second kappa shape index (κ2) is 8.86. The van der Waals surface area contributed by atoms with Crippen molar-refractivity contribution in [2.45, 2.75) is 24.8 Å². The molecule has 0 radical (unpaired) electrons. The number of nitrogens with one attached hydrogen (secondary N) is 1. The van der Waals surface area contributed by atoms with Crippen molar-refractivity contribution in [1.82, 2.24) is 15.2 Å². The molecule has 2 saturated heterocycles. The van der Waals surface area contributed by atoms with E-state index in [1.54, 1.807) is 7.11 Å². The van der Waals surface area contributed by atoms with Crippen molar-refractivity contribution in [3.8, 4) is 17.0 Å². The zero-order chi connectivity index (χ0) is 24.9. The van der Waals surface area contributed by atoms with E-state index in [1.165, 1.54) is 0 Å². The minimum Gasteiger partial charge on any atom is -0.492 e. The first-order valence-corrected chi connectivity index (χ1v) is 12.7. The molecular weight excluding hydrogens is 452 g/mol. The number of piperidine rings is 1. The standard InChI is InChI=1S/C29H32N4O3/c1-30-29(11-12-29)18-36-21-6-4-19(5-7-21)25-15-27(23-9-8-22(35-3)14-26(23)31-25)33-16-20-10-13-32(2)28(34)24(20)17-33/h4-7,14-15,20,24,30H,10-13,16-18H2,1-3H3. The molecule has 36 heavy (non-hydrogen) atoms. The summed E-state index contributed by atoms with van der Waals surface area (Å²) in [7, 11) is 5.53. The van der Waals surface area contributed by atoms with Gasteiger partial charge < -0.3 is 24.6 Å². The van der Waals surface area contributed by atoms with Gasteiger partial charge in [-0.1, -0.05) is 5.73 Å². The summed E-state index contributed by atoms with van der Waals surface area (Å²) >= 11 is 0. The Balaban J connectivity index is 1.34. The van der Waals surface area contributed by atoms with Gasteiger partial charge in [0, 0.05) is 38.3 Å². The van der Waals surface area contributed by atoms with Crippen LogP contribution in [-0.2, 0) is 9.53 Å². The van der Waals surface area contributed by atoms with Crippen LogP contribution < -0.4 is 25.5 Å². The molecule has 2 aromatic rings. The fourth-order valence-electron chi connectivity index (χ4n) is 5.53. The van der Waals surface area contributed by atoms with Crippen LogP contribution in [0.1, 0.15) is 19.3 Å². The fourth-order valence-corrected chi connectivity index (χ4v) is 5.53. The second-order valence-electron chi connectivity index (χ2n) is 10.4. The number of nitrogens with zero attached hydrogens (tertiary/aromatic N) is 3. The molecule has 1 saturated carbocycles. The van der Waals surface area contributed by atoms with Gasteiger partial charge >= 0.3 is 0 Å². The number of benzene rings is 1. The molecule has 7 heteroatoms. The summed E-state index contributed by atoms with van der Waals surface area (Å²) in [6.45, 7) is 3.09. The average molecular weight is 485 g/mol. The Bertz CT molecular complexity index is 1400. The number of likely N-dealkylation sites (tertiary alicyclic amines) is 1. The van der Waals surface area contributed by atoms with E-state index in [1.807, 2.05) is 37.2 Å².